The molecular weight excluding hydrogens is 281 g/mol. The number of amides is 1. The Balaban J connectivity index is 0.00000324. The van der Waals surface area contributed by atoms with Gasteiger partial charge in [0.2, 0.25) is 5.91 Å². The van der Waals surface area contributed by atoms with Gasteiger partial charge >= 0.3 is 6.18 Å². The maximum atomic E-state index is 12.5. The third kappa shape index (κ3) is 5.08. The summed E-state index contributed by atoms with van der Waals surface area (Å²) in [7, 11) is 1.51. The normalized spacial score (nSPS) is 12.5. The Morgan fingerprint density at radius 3 is 2.47 bits per heavy atom. The monoisotopic (exact) mass is 296 g/mol. The molecule has 0 aliphatic rings. The molecule has 0 unspecified atom stereocenters. The Morgan fingerprint density at radius 1 is 1.42 bits per heavy atom. The predicted octanol–water partition coefficient (Wildman–Crippen LogP) is 2.43. The lowest BCUT2D eigenvalue weighted by Gasteiger charge is -2.19. The van der Waals surface area contributed by atoms with Gasteiger partial charge in [0.15, 0.2) is 0 Å². The minimum absolute atomic E-state index is 0. The first-order valence-electron chi connectivity index (χ1n) is 5.38. The van der Waals surface area contributed by atoms with Gasteiger partial charge in [-0.2, -0.15) is 13.2 Å². The lowest BCUT2D eigenvalue weighted by Crippen LogP contribution is -2.39. The zero-order valence-electron chi connectivity index (χ0n) is 10.6. The quantitative estimate of drug-likeness (QED) is 0.931. The van der Waals surface area contributed by atoms with E-state index in [1.165, 1.54) is 24.9 Å². The number of rotatable bonds is 3. The molecule has 1 rings (SSSR count). The highest BCUT2D eigenvalue weighted by molar-refractivity contribution is 5.85. The molecule has 0 aromatic heterocycles. The van der Waals surface area contributed by atoms with Crippen molar-refractivity contribution in [2.75, 3.05) is 7.05 Å². The molecule has 1 aromatic rings. The molecule has 0 saturated heterocycles. The van der Waals surface area contributed by atoms with Gasteiger partial charge in [0, 0.05) is 13.6 Å². The van der Waals surface area contributed by atoms with E-state index in [1.54, 1.807) is 6.07 Å². The maximum Gasteiger partial charge on any atom is 0.416 e. The van der Waals surface area contributed by atoms with E-state index < -0.39 is 17.8 Å². The van der Waals surface area contributed by atoms with Gasteiger partial charge in [0.1, 0.15) is 0 Å². The van der Waals surface area contributed by atoms with Crippen molar-refractivity contribution in [1.29, 1.82) is 0 Å². The number of benzene rings is 1. The number of hydrogen-bond donors (Lipinski definition) is 1. The van der Waals surface area contributed by atoms with Gasteiger partial charge in [0.05, 0.1) is 11.6 Å². The van der Waals surface area contributed by atoms with Gasteiger partial charge < -0.3 is 10.6 Å². The Hall–Kier alpha value is -1.27. The first kappa shape index (κ1) is 17.7. The Kier molecular flexibility index (Phi) is 6.32. The summed E-state index contributed by atoms with van der Waals surface area (Å²) in [6.07, 6.45) is -4.38. The molecule has 2 N–H and O–H groups in total. The first-order valence-corrected chi connectivity index (χ1v) is 5.38. The molecule has 0 saturated carbocycles. The molecule has 0 aliphatic heterocycles. The second-order valence-electron chi connectivity index (χ2n) is 4.18. The molecule has 7 heteroatoms. The van der Waals surface area contributed by atoms with Crippen molar-refractivity contribution in [3.8, 4) is 0 Å². The molecule has 0 spiro atoms. The molecule has 0 heterocycles. The number of nitrogens with zero attached hydrogens (tertiary/aromatic N) is 1. The molecule has 108 valence electrons. The van der Waals surface area contributed by atoms with Gasteiger partial charge in [-0.25, -0.2) is 0 Å². The first-order chi connectivity index (χ1) is 8.21. The third-order valence-electron chi connectivity index (χ3n) is 2.44. The standard InChI is InChI=1S/C12H15F3N2O.ClH/c1-8(16)11(18)17(2)7-9-4-3-5-10(6-9)12(13,14)15;/h3-6,8H,7,16H2,1-2H3;1H/t8-;/m0./s1. The molecule has 0 aliphatic carbocycles. The van der Waals surface area contributed by atoms with Crippen LogP contribution < -0.4 is 5.73 Å². The van der Waals surface area contributed by atoms with E-state index in [0.717, 1.165) is 12.1 Å². The summed E-state index contributed by atoms with van der Waals surface area (Å²) in [5.74, 6) is -0.313. The second-order valence-corrected chi connectivity index (χ2v) is 4.18. The van der Waals surface area contributed by atoms with Crippen LogP contribution in [0.3, 0.4) is 0 Å². The predicted molar refractivity (Wildman–Crippen MR) is 68.8 cm³/mol. The average molecular weight is 297 g/mol. The summed E-state index contributed by atoms with van der Waals surface area (Å²) in [6.45, 7) is 1.63. The van der Waals surface area contributed by atoms with Crippen molar-refractivity contribution in [3.05, 3.63) is 35.4 Å². The highest BCUT2D eigenvalue weighted by Crippen LogP contribution is 2.29. The molecule has 1 aromatic carbocycles. The minimum Gasteiger partial charge on any atom is -0.340 e. The fraction of sp³-hybridized carbons (Fsp3) is 0.417. The maximum absolute atomic E-state index is 12.5. The van der Waals surface area contributed by atoms with E-state index >= 15 is 0 Å². The number of carbonyl (C=O) groups excluding carboxylic acids is 1. The number of nitrogens with two attached hydrogens (primary N) is 1. The van der Waals surface area contributed by atoms with Crippen LogP contribution in [0.5, 0.6) is 0 Å². The van der Waals surface area contributed by atoms with Crippen molar-refractivity contribution >= 4 is 18.3 Å². The minimum atomic E-state index is -4.38. The smallest absolute Gasteiger partial charge is 0.340 e. The van der Waals surface area contributed by atoms with E-state index in [9.17, 15) is 18.0 Å². The zero-order valence-corrected chi connectivity index (χ0v) is 11.4. The average Bonchev–Trinajstić information content (AvgIpc) is 2.27. The van der Waals surface area contributed by atoms with E-state index in [1.807, 2.05) is 0 Å². The summed E-state index contributed by atoms with van der Waals surface area (Å²) < 4.78 is 37.5. The number of hydrogen-bond acceptors (Lipinski definition) is 2. The number of likely N-dealkylation sites (N-methyl/N-ethyl adjacent to an activating group) is 1. The summed E-state index contributed by atoms with van der Waals surface area (Å²) in [4.78, 5) is 12.8. The Morgan fingerprint density at radius 2 is 2.00 bits per heavy atom. The van der Waals surface area contributed by atoms with Crippen LogP contribution in [0.1, 0.15) is 18.1 Å². The van der Waals surface area contributed by atoms with Gasteiger partial charge in [-0.05, 0) is 24.6 Å². The lowest BCUT2D eigenvalue weighted by atomic mass is 10.1. The molecule has 1 atom stereocenters. The fourth-order valence-corrected chi connectivity index (χ4v) is 1.55. The summed E-state index contributed by atoms with van der Waals surface area (Å²) >= 11 is 0. The van der Waals surface area contributed by atoms with Crippen LogP contribution in [-0.2, 0) is 17.5 Å². The van der Waals surface area contributed by atoms with Crippen LogP contribution in [0.2, 0.25) is 0 Å². The summed E-state index contributed by atoms with van der Waals surface area (Å²) in [5, 5.41) is 0. The molecule has 0 bridgehead atoms. The Labute approximate surface area is 116 Å². The Bertz CT molecular complexity index is 435. The fourth-order valence-electron chi connectivity index (χ4n) is 1.55. The van der Waals surface area contributed by atoms with E-state index in [0.29, 0.717) is 5.56 Å². The molecule has 0 fully saturated rings. The van der Waals surface area contributed by atoms with Gasteiger partial charge in [-0.1, -0.05) is 12.1 Å². The molecule has 0 radical (unpaired) electrons. The third-order valence-corrected chi connectivity index (χ3v) is 2.44. The highest BCUT2D eigenvalue weighted by Gasteiger charge is 2.30. The van der Waals surface area contributed by atoms with Crippen LogP contribution in [0.4, 0.5) is 13.2 Å². The van der Waals surface area contributed by atoms with Gasteiger partial charge in [0.25, 0.3) is 0 Å². The molecule has 1 amide bonds. The van der Waals surface area contributed by atoms with Crippen molar-refractivity contribution in [3.63, 3.8) is 0 Å². The van der Waals surface area contributed by atoms with Crippen molar-refractivity contribution in [1.82, 2.24) is 4.90 Å². The molecule has 19 heavy (non-hydrogen) atoms. The van der Waals surface area contributed by atoms with Crippen LogP contribution in [0, 0.1) is 0 Å². The van der Waals surface area contributed by atoms with Crippen LogP contribution in [0.15, 0.2) is 24.3 Å². The summed E-state index contributed by atoms with van der Waals surface area (Å²) in [6, 6.07) is 4.23. The van der Waals surface area contributed by atoms with Crippen LogP contribution >= 0.6 is 12.4 Å². The van der Waals surface area contributed by atoms with Crippen LogP contribution in [0.25, 0.3) is 0 Å². The zero-order chi connectivity index (χ0) is 13.9. The van der Waals surface area contributed by atoms with Gasteiger partial charge in [-0.3, -0.25) is 4.79 Å². The van der Waals surface area contributed by atoms with E-state index in [2.05, 4.69) is 0 Å². The van der Waals surface area contributed by atoms with Crippen molar-refractivity contribution < 1.29 is 18.0 Å². The van der Waals surface area contributed by atoms with E-state index in [4.69, 9.17) is 5.73 Å². The molecular formula is C12H16ClF3N2O. The van der Waals surface area contributed by atoms with Crippen molar-refractivity contribution in [2.45, 2.75) is 25.7 Å². The number of carbonyl (C=O) groups is 1. The van der Waals surface area contributed by atoms with Crippen molar-refractivity contribution in [2.24, 2.45) is 5.73 Å². The SMILES string of the molecule is C[C@H](N)C(=O)N(C)Cc1cccc(C(F)(F)F)c1.Cl. The lowest BCUT2D eigenvalue weighted by molar-refractivity contribution is -0.137. The number of alkyl halides is 3. The summed E-state index contributed by atoms with van der Waals surface area (Å²) in [5.41, 5.74) is 5.12. The van der Waals surface area contributed by atoms with E-state index in [-0.39, 0.29) is 24.9 Å². The van der Waals surface area contributed by atoms with Crippen LogP contribution in [-0.4, -0.2) is 23.9 Å². The topological polar surface area (TPSA) is 46.3 Å². The largest absolute Gasteiger partial charge is 0.416 e. The number of halogens is 4. The highest BCUT2D eigenvalue weighted by atomic mass is 35.5. The second kappa shape index (κ2) is 6.77. The van der Waals surface area contributed by atoms with Gasteiger partial charge in [-0.15, -0.1) is 12.4 Å². The molecule has 3 nitrogen and oxygen atoms in total.